The van der Waals surface area contributed by atoms with Gasteiger partial charge in [0, 0.05) is 31.0 Å². The number of rotatable bonds is 8. The molecule has 21 heavy (non-hydrogen) atoms. The largest absolute Gasteiger partial charge is 0.406 e. The minimum absolute atomic E-state index is 0.0333. The zero-order valence-corrected chi connectivity index (χ0v) is 12.2. The molecule has 1 aromatic heterocycles. The summed E-state index contributed by atoms with van der Waals surface area (Å²) in [7, 11) is 0. The molecule has 8 heteroatoms. The average molecular weight is 306 g/mol. The van der Waals surface area contributed by atoms with Crippen molar-refractivity contribution in [1.29, 1.82) is 0 Å². The van der Waals surface area contributed by atoms with E-state index in [4.69, 9.17) is 5.11 Å². The first-order valence-electron chi connectivity index (χ1n) is 6.76. The van der Waals surface area contributed by atoms with Gasteiger partial charge in [-0.1, -0.05) is 13.8 Å². The van der Waals surface area contributed by atoms with Crippen molar-refractivity contribution in [3.8, 4) is 0 Å². The van der Waals surface area contributed by atoms with E-state index in [1.807, 2.05) is 0 Å². The monoisotopic (exact) mass is 306 g/mol. The standard InChI is InChI=1S/C13H21F3N4O/c1-10(2)5-17-6-11-7-18-12(19-8-11)20(3-4-21)9-13(14,15)16/h7-8,10,17,21H,3-6,9H2,1-2H3. The van der Waals surface area contributed by atoms with Crippen LogP contribution >= 0.6 is 0 Å². The second kappa shape index (κ2) is 8.14. The van der Waals surface area contributed by atoms with E-state index in [0.29, 0.717) is 12.5 Å². The van der Waals surface area contributed by atoms with Gasteiger partial charge in [-0.15, -0.1) is 0 Å². The summed E-state index contributed by atoms with van der Waals surface area (Å²) in [5.74, 6) is 0.478. The predicted molar refractivity (Wildman–Crippen MR) is 73.9 cm³/mol. The summed E-state index contributed by atoms with van der Waals surface area (Å²) in [5.41, 5.74) is 0.801. The van der Waals surface area contributed by atoms with Gasteiger partial charge in [0.15, 0.2) is 0 Å². The van der Waals surface area contributed by atoms with Crippen LogP contribution in [0.15, 0.2) is 12.4 Å². The maximum Gasteiger partial charge on any atom is 0.406 e. The molecule has 0 saturated carbocycles. The quantitative estimate of drug-likeness (QED) is 0.763. The Morgan fingerprint density at radius 2 is 1.90 bits per heavy atom. The molecule has 0 saturated heterocycles. The number of alkyl halides is 3. The van der Waals surface area contributed by atoms with Crippen LogP contribution in [0.25, 0.3) is 0 Å². The van der Waals surface area contributed by atoms with Crippen molar-refractivity contribution in [2.45, 2.75) is 26.6 Å². The van der Waals surface area contributed by atoms with Crippen molar-refractivity contribution in [1.82, 2.24) is 15.3 Å². The van der Waals surface area contributed by atoms with Crippen molar-refractivity contribution in [2.24, 2.45) is 5.92 Å². The third-order valence-electron chi connectivity index (χ3n) is 2.60. The molecule has 0 unspecified atom stereocenters. The van der Waals surface area contributed by atoms with Gasteiger partial charge in [0.2, 0.25) is 5.95 Å². The van der Waals surface area contributed by atoms with Crippen LogP contribution in [0.4, 0.5) is 19.1 Å². The molecule has 1 heterocycles. The number of hydrogen-bond acceptors (Lipinski definition) is 5. The average Bonchev–Trinajstić information content (AvgIpc) is 2.37. The van der Waals surface area contributed by atoms with Crippen LogP contribution < -0.4 is 10.2 Å². The molecular formula is C13H21F3N4O. The van der Waals surface area contributed by atoms with Gasteiger partial charge < -0.3 is 15.3 Å². The van der Waals surface area contributed by atoms with Gasteiger partial charge in [-0.3, -0.25) is 0 Å². The molecule has 0 aliphatic carbocycles. The Morgan fingerprint density at radius 3 is 2.38 bits per heavy atom. The van der Waals surface area contributed by atoms with E-state index >= 15 is 0 Å². The second-order valence-corrected chi connectivity index (χ2v) is 5.18. The highest BCUT2D eigenvalue weighted by atomic mass is 19.4. The van der Waals surface area contributed by atoms with Crippen LogP contribution in [0, 0.1) is 5.92 Å². The van der Waals surface area contributed by atoms with Gasteiger partial charge in [-0.2, -0.15) is 13.2 Å². The zero-order valence-electron chi connectivity index (χ0n) is 12.2. The van der Waals surface area contributed by atoms with E-state index in [9.17, 15) is 13.2 Å². The number of nitrogens with one attached hydrogen (secondary N) is 1. The van der Waals surface area contributed by atoms with Crippen molar-refractivity contribution in [3.63, 3.8) is 0 Å². The molecule has 0 spiro atoms. The maximum atomic E-state index is 12.4. The Kier molecular flexibility index (Phi) is 6.83. The fourth-order valence-corrected chi connectivity index (χ4v) is 1.69. The number of anilines is 1. The molecule has 1 aromatic rings. The SMILES string of the molecule is CC(C)CNCc1cnc(N(CCO)CC(F)(F)F)nc1. The molecule has 5 nitrogen and oxygen atoms in total. The van der Waals surface area contributed by atoms with Gasteiger partial charge in [0.05, 0.1) is 6.61 Å². The van der Waals surface area contributed by atoms with Gasteiger partial charge in [-0.05, 0) is 12.5 Å². The Bertz CT molecular complexity index is 409. The first-order valence-corrected chi connectivity index (χ1v) is 6.76. The van der Waals surface area contributed by atoms with Crippen molar-refractivity contribution < 1.29 is 18.3 Å². The lowest BCUT2D eigenvalue weighted by molar-refractivity contribution is -0.120. The van der Waals surface area contributed by atoms with Gasteiger partial charge in [0.1, 0.15) is 6.54 Å². The fraction of sp³-hybridized carbons (Fsp3) is 0.692. The predicted octanol–water partition coefficient (Wildman–Crippen LogP) is 1.58. The summed E-state index contributed by atoms with van der Waals surface area (Å²) in [4.78, 5) is 8.79. The lowest BCUT2D eigenvalue weighted by Crippen LogP contribution is -2.37. The summed E-state index contributed by atoms with van der Waals surface area (Å²) in [5, 5.41) is 12.0. The van der Waals surface area contributed by atoms with Crippen LogP contribution in [0.5, 0.6) is 0 Å². The molecule has 0 aromatic carbocycles. The highest BCUT2D eigenvalue weighted by molar-refractivity contribution is 5.30. The molecule has 120 valence electrons. The zero-order chi connectivity index (χ0) is 15.9. The van der Waals surface area contributed by atoms with E-state index in [2.05, 4.69) is 29.1 Å². The number of aliphatic hydroxyl groups is 1. The lowest BCUT2D eigenvalue weighted by atomic mass is 10.2. The number of nitrogens with zero attached hydrogens (tertiary/aromatic N) is 3. The molecule has 0 radical (unpaired) electrons. The van der Waals surface area contributed by atoms with Crippen LogP contribution in [0.2, 0.25) is 0 Å². The molecule has 0 amide bonds. The summed E-state index contributed by atoms with van der Waals surface area (Å²) in [6.07, 6.45) is -1.37. The number of halogens is 3. The third-order valence-corrected chi connectivity index (χ3v) is 2.60. The molecule has 0 aliphatic rings. The molecule has 0 aliphatic heterocycles. The van der Waals surface area contributed by atoms with E-state index in [1.54, 1.807) is 0 Å². The lowest BCUT2D eigenvalue weighted by Gasteiger charge is -2.22. The molecule has 2 N–H and O–H groups in total. The summed E-state index contributed by atoms with van der Waals surface area (Å²) < 4.78 is 37.3. The smallest absolute Gasteiger partial charge is 0.395 e. The molecule has 0 fully saturated rings. The van der Waals surface area contributed by atoms with Crippen molar-refractivity contribution in [2.75, 3.05) is 31.1 Å². The fourth-order valence-electron chi connectivity index (χ4n) is 1.69. The highest BCUT2D eigenvalue weighted by Gasteiger charge is 2.31. The Balaban J connectivity index is 2.64. The summed E-state index contributed by atoms with van der Waals surface area (Å²) >= 11 is 0. The van der Waals surface area contributed by atoms with Crippen LogP contribution in [-0.4, -0.2) is 47.5 Å². The molecule has 1 rings (SSSR count). The minimum atomic E-state index is -4.37. The van der Waals surface area contributed by atoms with Crippen LogP contribution in [0.3, 0.4) is 0 Å². The first kappa shape index (κ1) is 17.6. The highest BCUT2D eigenvalue weighted by Crippen LogP contribution is 2.19. The van der Waals surface area contributed by atoms with Gasteiger partial charge in [-0.25, -0.2) is 9.97 Å². The Morgan fingerprint density at radius 1 is 1.29 bits per heavy atom. The van der Waals surface area contributed by atoms with E-state index in [-0.39, 0.29) is 12.5 Å². The molecular weight excluding hydrogens is 285 g/mol. The Hall–Kier alpha value is -1.41. The molecule has 0 bridgehead atoms. The topological polar surface area (TPSA) is 61.3 Å². The van der Waals surface area contributed by atoms with Crippen LogP contribution in [-0.2, 0) is 6.54 Å². The van der Waals surface area contributed by atoms with E-state index in [0.717, 1.165) is 17.0 Å². The van der Waals surface area contributed by atoms with Gasteiger partial charge >= 0.3 is 6.18 Å². The molecule has 0 atom stereocenters. The number of hydrogen-bond donors (Lipinski definition) is 2. The van der Waals surface area contributed by atoms with E-state index < -0.39 is 19.3 Å². The second-order valence-electron chi connectivity index (χ2n) is 5.18. The Labute approximate surface area is 122 Å². The van der Waals surface area contributed by atoms with Gasteiger partial charge in [0.25, 0.3) is 0 Å². The van der Waals surface area contributed by atoms with Crippen molar-refractivity contribution >= 4 is 5.95 Å². The third kappa shape index (κ3) is 7.24. The number of aliphatic hydroxyl groups excluding tert-OH is 1. The van der Waals surface area contributed by atoms with Crippen molar-refractivity contribution in [3.05, 3.63) is 18.0 Å². The minimum Gasteiger partial charge on any atom is -0.395 e. The van der Waals surface area contributed by atoms with E-state index in [1.165, 1.54) is 12.4 Å². The maximum absolute atomic E-state index is 12.4. The van der Waals surface area contributed by atoms with Crippen LogP contribution in [0.1, 0.15) is 19.4 Å². The number of aromatic nitrogens is 2. The summed E-state index contributed by atoms with van der Waals surface area (Å²) in [6.45, 7) is 3.83. The summed E-state index contributed by atoms with van der Waals surface area (Å²) in [6, 6.07) is 0. The normalized spacial score (nSPS) is 12.0. The first-order chi connectivity index (χ1) is 9.81.